The van der Waals surface area contributed by atoms with Crippen LogP contribution in [-0.2, 0) is 9.59 Å². The quantitative estimate of drug-likeness (QED) is 0.805. The first-order valence-corrected chi connectivity index (χ1v) is 6.24. The number of carbonyl (C=O) groups is 2. The van der Waals surface area contributed by atoms with Gasteiger partial charge in [0.15, 0.2) is 0 Å². The first-order valence-electron chi connectivity index (χ1n) is 6.24. The number of hydrogen-bond donors (Lipinski definition) is 1. The van der Waals surface area contributed by atoms with Crippen molar-refractivity contribution >= 4 is 11.9 Å². The fourth-order valence-corrected chi connectivity index (χ4v) is 2.40. The van der Waals surface area contributed by atoms with Gasteiger partial charge in [-0.3, -0.25) is 4.79 Å². The molecule has 1 N–H and O–H groups in total. The molecule has 1 aliphatic heterocycles. The van der Waals surface area contributed by atoms with Gasteiger partial charge >= 0.3 is 5.97 Å². The monoisotopic (exact) mass is 241 g/mol. The molecule has 2 unspecified atom stereocenters. The zero-order chi connectivity index (χ0) is 13.2. The zero-order valence-corrected chi connectivity index (χ0v) is 11.2. The Morgan fingerprint density at radius 3 is 2.41 bits per heavy atom. The number of hydrogen-bond acceptors (Lipinski definition) is 2. The summed E-state index contributed by atoms with van der Waals surface area (Å²) in [6.07, 6.45) is 2.20. The van der Waals surface area contributed by atoms with Gasteiger partial charge in [0.05, 0.1) is 0 Å². The average Bonchev–Trinajstić information content (AvgIpc) is 2.13. The standard InChI is InChI=1S/C13H23NO3/c1-9-6-5-7-14(11(9)12(16)17)10(15)8-13(2,3)4/h9,11H,5-8H2,1-4H3,(H,16,17). The summed E-state index contributed by atoms with van der Waals surface area (Å²) in [7, 11) is 0. The van der Waals surface area contributed by atoms with Gasteiger partial charge in [-0.05, 0) is 24.2 Å². The van der Waals surface area contributed by atoms with Crippen molar-refractivity contribution in [3.05, 3.63) is 0 Å². The lowest BCUT2D eigenvalue weighted by atomic mass is 9.87. The molecule has 0 spiro atoms. The Labute approximate surface area is 103 Å². The maximum Gasteiger partial charge on any atom is 0.326 e. The number of carboxylic acids is 1. The number of rotatable bonds is 2. The minimum atomic E-state index is -0.876. The molecule has 1 fully saturated rings. The first kappa shape index (κ1) is 14.0. The highest BCUT2D eigenvalue weighted by molar-refractivity contribution is 5.84. The van der Waals surface area contributed by atoms with Gasteiger partial charge in [-0.15, -0.1) is 0 Å². The molecule has 1 heterocycles. The highest BCUT2D eigenvalue weighted by Crippen LogP contribution is 2.27. The third kappa shape index (κ3) is 3.72. The Kier molecular flexibility index (Phi) is 4.17. The molecule has 4 nitrogen and oxygen atoms in total. The number of piperidine rings is 1. The number of nitrogens with zero attached hydrogens (tertiary/aromatic N) is 1. The highest BCUT2D eigenvalue weighted by atomic mass is 16.4. The Morgan fingerprint density at radius 2 is 1.94 bits per heavy atom. The SMILES string of the molecule is CC1CCCN(C(=O)CC(C)(C)C)C1C(=O)O. The molecule has 0 radical (unpaired) electrons. The summed E-state index contributed by atoms with van der Waals surface area (Å²) >= 11 is 0. The number of likely N-dealkylation sites (tertiary alicyclic amines) is 1. The molecule has 0 aliphatic carbocycles. The number of aliphatic carboxylic acids is 1. The lowest BCUT2D eigenvalue weighted by Gasteiger charge is -2.38. The van der Waals surface area contributed by atoms with E-state index in [0.29, 0.717) is 13.0 Å². The number of carbonyl (C=O) groups excluding carboxylic acids is 1. The molecule has 17 heavy (non-hydrogen) atoms. The summed E-state index contributed by atoms with van der Waals surface area (Å²) in [4.78, 5) is 24.9. The smallest absolute Gasteiger partial charge is 0.326 e. The molecule has 0 bridgehead atoms. The van der Waals surface area contributed by atoms with Crippen LogP contribution in [0.2, 0.25) is 0 Å². The minimum Gasteiger partial charge on any atom is -0.480 e. The van der Waals surface area contributed by atoms with E-state index in [2.05, 4.69) is 0 Å². The van der Waals surface area contributed by atoms with Crippen LogP contribution in [-0.4, -0.2) is 34.5 Å². The Bertz CT molecular complexity index is 306. The molecular formula is C13H23NO3. The molecule has 98 valence electrons. The van der Waals surface area contributed by atoms with Crippen LogP contribution < -0.4 is 0 Å². The van der Waals surface area contributed by atoms with Crippen LogP contribution in [0.5, 0.6) is 0 Å². The maximum absolute atomic E-state index is 12.1. The molecule has 0 aromatic heterocycles. The van der Waals surface area contributed by atoms with E-state index in [1.807, 2.05) is 27.7 Å². The predicted molar refractivity (Wildman–Crippen MR) is 65.6 cm³/mol. The fraction of sp³-hybridized carbons (Fsp3) is 0.846. The van der Waals surface area contributed by atoms with Gasteiger partial charge in [0.25, 0.3) is 0 Å². The molecular weight excluding hydrogens is 218 g/mol. The second kappa shape index (κ2) is 5.07. The molecule has 1 amide bonds. The summed E-state index contributed by atoms with van der Waals surface area (Å²) in [5.74, 6) is -0.860. The van der Waals surface area contributed by atoms with E-state index in [-0.39, 0.29) is 17.2 Å². The molecule has 2 atom stereocenters. The van der Waals surface area contributed by atoms with E-state index < -0.39 is 12.0 Å². The second-order valence-electron chi connectivity index (χ2n) is 6.23. The van der Waals surface area contributed by atoms with Crippen molar-refractivity contribution in [2.45, 2.75) is 53.0 Å². The number of carboxylic acid groups (broad SMARTS) is 1. The van der Waals surface area contributed by atoms with Gasteiger partial charge in [0, 0.05) is 13.0 Å². The average molecular weight is 241 g/mol. The summed E-state index contributed by atoms with van der Waals surface area (Å²) < 4.78 is 0. The molecule has 0 aromatic rings. The summed E-state index contributed by atoms with van der Waals surface area (Å²) in [5.41, 5.74) is -0.0964. The van der Waals surface area contributed by atoms with Gasteiger partial charge < -0.3 is 10.0 Å². The van der Waals surface area contributed by atoms with Crippen molar-refractivity contribution in [3.8, 4) is 0 Å². The summed E-state index contributed by atoms with van der Waals surface area (Å²) in [5, 5.41) is 9.23. The fourth-order valence-electron chi connectivity index (χ4n) is 2.40. The molecule has 4 heteroatoms. The van der Waals surface area contributed by atoms with Crippen molar-refractivity contribution in [2.75, 3.05) is 6.54 Å². The predicted octanol–water partition coefficient (Wildman–Crippen LogP) is 2.13. The topological polar surface area (TPSA) is 57.6 Å². The molecule has 1 aliphatic rings. The van der Waals surface area contributed by atoms with Crippen LogP contribution >= 0.6 is 0 Å². The van der Waals surface area contributed by atoms with E-state index in [1.54, 1.807) is 4.90 Å². The van der Waals surface area contributed by atoms with Crippen molar-refractivity contribution in [3.63, 3.8) is 0 Å². The molecule has 0 aromatic carbocycles. The molecule has 0 saturated carbocycles. The maximum atomic E-state index is 12.1. The van der Waals surface area contributed by atoms with Crippen molar-refractivity contribution < 1.29 is 14.7 Å². The first-order chi connectivity index (χ1) is 7.72. The van der Waals surface area contributed by atoms with Crippen LogP contribution in [0.25, 0.3) is 0 Å². The highest BCUT2D eigenvalue weighted by Gasteiger charge is 2.37. The lowest BCUT2D eigenvalue weighted by molar-refractivity contribution is -0.155. The summed E-state index contributed by atoms with van der Waals surface area (Å²) in [6.45, 7) is 8.47. The van der Waals surface area contributed by atoms with E-state index >= 15 is 0 Å². The molecule has 1 saturated heterocycles. The largest absolute Gasteiger partial charge is 0.480 e. The van der Waals surface area contributed by atoms with E-state index in [9.17, 15) is 14.7 Å². The van der Waals surface area contributed by atoms with E-state index in [4.69, 9.17) is 0 Å². The van der Waals surface area contributed by atoms with Crippen molar-refractivity contribution in [1.29, 1.82) is 0 Å². The normalized spacial score (nSPS) is 25.8. The van der Waals surface area contributed by atoms with Crippen LogP contribution in [0.4, 0.5) is 0 Å². The van der Waals surface area contributed by atoms with Crippen LogP contribution in [0.3, 0.4) is 0 Å². The third-order valence-corrected chi connectivity index (χ3v) is 3.19. The zero-order valence-electron chi connectivity index (χ0n) is 11.2. The number of amides is 1. The van der Waals surface area contributed by atoms with Gasteiger partial charge in [-0.2, -0.15) is 0 Å². The second-order valence-corrected chi connectivity index (χ2v) is 6.23. The van der Waals surface area contributed by atoms with Gasteiger partial charge in [-0.1, -0.05) is 27.7 Å². The van der Waals surface area contributed by atoms with Gasteiger partial charge in [-0.25, -0.2) is 4.79 Å². The molecule has 1 rings (SSSR count). The van der Waals surface area contributed by atoms with E-state index in [0.717, 1.165) is 12.8 Å². The Morgan fingerprint density at radius 1 is 1.35 bits per heavy atom. The van der Waals surface area contributed by atoms with Crippen molar-refractivity contribution in [2.24, 2.45) is 11.3 Å². The Hall–Kier alpha value is -1.06. The minimum absolute atomic E-state index is 0.0311. The van der Waals surface area contributed by atoms with Gasteiger partial charge in [0.2, 0.25) is 5.91 Å². The Balaban J connectivity index is 2.79. The van der Waals surface area contributed by atoms with E-state index in [1.165, 1.54) is 0 Å². The lowest BCUT2D eigenvalue weighted by Crippen LogP contribution is -2.52. The van der Waals surface area contributed by atoms with Crippen molar-refractivity contribution in [1.82, 2.24) is 4.90 Å². The van der Waals surface area contributed by atoms with Crippen LogP contribution in [0.15, 0.2) is 0 Å². The van der Waals surface area contributed by atoms with Gasteiger partial charge in [0.1, 0.15) is 6.04 Å². The third-order valence-electron chi connectivity index (χ3n) is 3.19. The summed E-state index contributed by atoms with van der Waals surface area (Å²) in [6, 6.07) is -0.640. The van der Waals surface area contributed by atoms with Crippen LogP contribution in [0, 0.1) is 11.3 Å². The van der Waals surface area contributed by atoms with Crippen LogP contribution in [0.1, 0.15) is 47.0 Å².